The standard InChI is InChI=1S/C21H31N3O3/c1-16-3-5-18(15-19(16)27-2)21(26)24-13-11-23(12-14-24)20(25)6-4-17-7-9-22-10-8-17/h3,5,15,17,22H,4,6-14H2,1-2H3. The van der Waals surface area contributed by atoms with E-state index in [2.05, 4.69) is 5.32 Å². The van der Waals surface area contributed by atoms with Crippen LogP contribution in [0, 0.1) is 12.8 Å². The highest BCUT2D eigenvalue weighted by atomic mass is 16.5. The largest absolute Gasteiger partial charge is 0.496 e. The predicted molar refractivity (Wildman–Crippen MR) is 105 cm³/mol. The van der Waals surface area contributed by atoms with Gasteiger partial charge in [0.15, 0.2) is 0 Å². The topological polar surface area (TPSA) is 61.9 Å². The molecule has 1 N–H and O–H groups in total. The van der Waals surface area contributed by atoms with Crippen LogP contribution in [0.5, 0.6) is 5.75 Å². The molecule has 0 radical (unpaired) electrons. The first-order chi connectivity index (χ1) is 13.1. The summed E-state index contributed by atoms with van der Waals surface area (Å²) in [6, 6.07) is 5.55. The van der Waals surface area contributed by atoms with Crippen molar-refractivity contribution in [2.45, 2.75) is 32.6 Å². The molecule has 2 heterocycles. The average molecular weight is 373 g/mol. The average Bonchev–Trinajstić information content (AvgIpc) is 2.72. The Morgan fingerprint density at radius 3 is 2.44 bits per heavy atom. The number of nitrogens with one attached hydrogen (secondary N) is 1. The van der Waals surface area contributed by atoms with Crippen LogP contribution in [-0.4, -0.2) is 68.0 Å². The lowest BCUT2D eigenvalue weighted by molar-refractivity contribution is -0.133. The van der Waals surface area contributed by atoms with Crippen LogP contribution in [0.1, 0.15) is 41.6 Å². The van der Waals surface area contributed by atoms with Gasteiger partial charge >= 0.3 is 0 Å². The van der Waals surface area contributed by atoms with E-state index < -0.39 is 0 Å². The van der Waals surface area contributed by atoms with E-state index in [-0.39, 0.29) is 11.8 Å². The first kappa shape index (κ1) is 19.7. The lowest BCUT2D eigenvalue weighted by Crippen LogP contribution is -2.50. The quantitative estimate of drug-likeness (QED) is 0.858. The molecule has 27 heavy (non-hydrogen) atoms. The van der Waals surface area contributed by atoms with E-state index in [4.69, 9.17) is 4.74 Å². The number of piperidine rings is 1. The van der Waals surface area contributed by atoms with Gasteiger partial charge in [-0.2, -0.15) is 0 Å². The van der Waals surface area contributed by atoms with E-state index in [9.17, 15) is 9.59 Å². The van der Waals surface area contributed by atoms with Crippen LogP contribution >= 0.6 is 0 Å². The highest BCUT2D eigenvalue weighted by Crippen LogP contribution is 2.21. The van der Waals surface area contributed by atoms with Crippen LogP contribution in [0.25, 0.3) is 0 Å². The third kappa shape index (κ3) is 5.01. The second-order valence-corrected chi connectivity index (χ2v) is 7.59. The molecular formula is C21H31N3O3. The van der Waals surface area contributed by atoms with Crippen LogP contribution < -0.4 is 10.1 Å². The molecule has 0 bridgehead atoms. The van der Waals surface area contributed by atoms with Crippen LogP contribution in [0.3, 0.4) is 0 Å². The Morgan fingerprint density at radius 2 is 1.78 bits per heavy atom. The smallest absolute Gasteiger partial charge is 0.254 e. The number of amides is 2. The maximum absolute atomic E-state index is 12.7. The monoisotopic (exact) mass is 373 g/mol. The van der Waals surface area contributed by atoms with Crippen LogP contribution in [0.15, 0.2) is 18.2 Å². The highest BCUT2D eigenvalue weighted by molar-refractivity contribution is 5.95. The Balaban J connectivity index is 1.47. The van der Waals surface area contributed by atoms with Gasteiger partial charge in [0.25, 0.3) is 5.91 Å². The van der Waals surface area contributed by atoms with Gasteiger partial charge in [-0.15, -0.1) is 0 Å². The van der Waals surface area contributed by atoms with Gasteiger partial charge in [0, 0.05) is 38.2 Å². The fourth-order valence-electron chi connectivity index (χ4n) is 3.95. The molecule has 2 amide bonds. The third-order valence-corrected chi connectivity index (χ3v) is 5.80. The number of benzene rings is 1. The molecule has 2 fully saturated rings. The molecular weight excluding hydrogens is 342 g/mol. The molecule has 6 nitrogen and oxygen atoms in total. The SMILES string of the molecule is COc1cc(C(=O)N2CCN(C(=O)CCC3CCNCC3)CC2)ccc1C. The minimum Gasteiger partial charge on any atom is -0.496 e. The van der Waals surface area contributed by atoms with E-state index in [1.165, 1.54) is 12.8 Å². The van der Waals surface area contributed by atoms with Gasteiger partial charge in [0.05, 0.1) is 7.11 Å². The zero-order chi connectivity index (χ0) is 19.2. The number of rotatable bonds is 5. The van der Waals surface area contributed by atoms with Crippen molar-refractivity contribution in [2.24, 2.45) is 5.92 Å². The van der Waals surface area contributed by atoms with Gasteiger partial charge in [0.1, 0.15) is 5.75 Å². The third-order valence-electron chi connectivity index (χ3n) is 5.80. The zero-order valence-corrected chi connectivity index (χ0v) is 16.5. The van der Waals surface area contributed by atoms with Gasteiger partial charge in [0.2, 0.25) is 5.91 Å². The van der Waals surface area contributed by atoms with Crippen LogP contribution in [0.4, 0.5) is 0 Å². The molecule has 3 rings (SSSR count). The number of ether oxygens (including phenoxy) is 1. The van der Waals surface area contributed by atoms with Crippen molar-refractivity contribution >= 4 is 11.8 Å². The number of aryl methyl sites for hydroxylation is 1. The van der Waals surface area contributed by atoms with Gasteiger partial charge < -0.3 is 19.9 Å². The lowest BCUT2D eigenvalue weighted by atomic mass is 9.93. The Kier molecular flexibility index (Phi) is 6.72. The van der Waals surface area contributed by atoms with Crippen molar-refractivity contribution in [2.75, 3.05) is 46.4 Å². The molecule has 0 spiro atoms. The van der Waals surface area contributed by atoms with Gasteiger partial charge in [-0.25, -0.2) is 0 Å². The molecule has 1 aromatic carbocycles. The summed E-state index contributed by atoms with van der Waals surface area (Å²) in [6.07, 6.45) is 3.97. The van der Waals surface area contributed by atoms with Gasteiger partial charge in [-0.05, 0) is 62.9 Å². The molecule has 2 aliphatic heterocycles. The highest BCUT2D eigenvalue weighted by Gasteiger charge is 2.25. The molecule has 1 aromatic rings. The molecule has 0 unspecified atom stereocenters. The Bertz CT molecular complexity index is 663. The molecule has 2 aliphatic rings. The number of carbonyl (C=O) groups excluding carboxylic acids is 2. The number of piperazine rings is 1. The van der Waals surface area contributed by atoms with Crippen molar-refractivity contribution in [1.82, 2.24) is 15.1 Å². The molecule has 0 aromatic heterocycles. The maximum atomic E-state index is 12.7. The summed E-state index contributed by atoms with van der Waals surface area (Å²) in [4.78, 5) is 29.0. The molecule has 6 heteroatoms. The number of methoxy groups -OCH3 is 1. The minimum absolute atomic E-state index is 0.00936. The van der Waals surface area contributed by atoms with E-state index in [0.29, 0.717) is 44.1 Å². The summed E-state index contributed by atoms with van der Waals surface area (Å²) >= 11 is 0. The van der Waals surface area contributed by atoms with Gasteiger partial charge in [-0.3, -0.25) is 9.59 Å². The molecule has 2 saturated heterocycles. The normalized spacial score (nSPS) is 18.4. The number of carbonyl (C=O) groups is 2. The second kappa shape index (κ2) is 9.22. The lowest BCUT2D eigenvalue weighted by Gasteiger charge is -2.35. The Labute approximate surface area is 161 Å². The fraction of sp³-hybridized carbons (Fsp3) is 0.619. The first-order valence-electron chi connectivity index (χ1n) is 10.0. The maximum Gasteiger partial charge on any atom is 0.254 e. The fourth-order valence-corrected chi connectivity index (χ4v) is 3.95. The minimum atomic E-state index is 0.00936. The molecule has 148 valence electrons. The zero-order valence-electron chi connectivity index (χ0n) is 16.5. The van der Waals surface area contributed by atoms with Crippen LogP contribution in [-0.2, 0) is 4.79 Å². The number of nitrogens with zero attached hydrogens (tertiary/aromatic N) is 2. The first-order valence-corrected chi connectivity index (χ1v) is 10.0. The summed E-state index contributed by atoms with van der Waals surface area (Å²) in [5.74, 6) is 1.65. The van der Waals surface area contributed by atoms with E-state index in [1.807, 2.05) is 28.9 Å². The van der Waals surface area contributed by atoms with Gasteiger partial charge in [-0.1, -0.05) is 6.07 Å². The van der Waals surface area contributed by atoms with Crippen molar-refractivity contribution in [1.29, 1.82) is 0 Å². The van der Waals surface area contributed by atoms with E-state index >= 15 is 0 Å². The Hall–Kier alpha value is -2.08. The van der Waals surface area contributed by atoms with Crippen molar-refractivity contribution in [3.8, 4) is 5.75 Å². The predicted octanol–water partition coefficient (Wildman–Crippen LogP) is 2.07. The summed E-state index contributed by atoms with van der Waals surface area (Å²) in [5.41, 5.74) is 1.65. The van der Waals surface area contributed by atoms with Crippen LogP contribution in [0.2, 0.25) is 0 Å². The molecule has 0 saturated carbocycles. The van der Waals surface area contributed by atoms with E-state index in [1.54, 1.807) is 13.2 Å². The summed E-state index contributed by atoms with van der Waals surface area (Å²) in [7, 11) is 1.62. The Morgan fingerprint density at radius 1 is 1.11 bits per heavy atom. The summed E-state index contributed by atoms with van der Waals surface area (Å²) in [5, 5.41) is 3.36. The van der Waals surface area contributed by atoms with Crippen molar-refractivity contribution < 1.29 is 14.3 Å². The molecule has 0 aliphatic carbocycles. The van der Waals surface area contributed by atoms with Crippen molar-refractivity contribution in [3.05, 3.63) is 29.3 Å². The molecule has 0 atom stereocenters. The van der Waals surface area contributed by atoms with Crippen molar-refractivity contribution in [3.63, 3.8) is 0 Å². The number of hydrogen-bond donors (Lipinski definition) is 1. The summed E-state index contributed by atoms with van der Waals surface area (Å²) in [6.45, 7) is 6.54. The van der Waals surface area contributed by atoms with E-state index in [0.717, 1.165) is 30.8 Å². The number of hydrogen-bond acceptors (Lipinski definition) is 4. The summed E-state index contributed by atoms with van der Waals surface area (Å²) < 4.78 is 5.32. The second-order valence-electron chi connectivity index (χ2n) is 7.59.